The summed E-state index contributed by atoms with van der Waals surface area (Å²) in [5, 5.41) is 3.35. The van der Waals surface area contributed by atoms with Gasteiger partial charge in [-0.2, -0.15) is 0 Å². The van der Waals surface area contributed by atoms with Crippen LogP contribution in [0, 0.1) is 0 Å². The van der Waals surface area contributed by atoms with Gasteiger partial charge in [-0.05, 0) is 12.5 Å². The Morgan fingerprint density at radius 1 is 1.45 bits per heavy atom. The van der Waals surface area contributed by atoms with Crippen LogP contribution >= 0.6 is 0 Å². The van der Waals surface area contributed by atoms with Gasteiger partial charge in [-0.15, -0.1) is 0 Å². The molecule has 1 aliphatic rings. The summed E-state index contributed by atoms with van der Waals surface area (Å²) in [4.78, 5) is 4.39. The minimum atomic E-state index is 0.193. The molecule has 0 radical (unpaired) electrons. The number of para-hydroxylation sites is 1. The maximum atomic E-state index is 5.74. The van der Waals surface area contributed by atoms with E-state index in [4.69, 9.17) is 9.47 Å². The molecule has 1 N–H and O–H groups in total. The van der Waals surface area contributed by atoms with E-state index in [0.29, 0.717) is 6.61 Å². The first-order valence-corrected chi connectivity index (χ1v) is 6.87. The highest BCUT2D eigenvalue weighted by Gasteiger charge is 2.26. The van der Waals surface area contributed by atoms with Gasteiger partial charge < -0.3 is 19.4 Å². The molecule has 1 aromatic carbocycles. The number of methoxy groups -OCH3 is 1. The van der Waals surface area contributed by atoms with Crippen molar-refractivity contribution in [3.05, 3.63) is 42.2 Å². The number of nitrogens with one attached hydrogen (secondary N) is 1. The average Bonchev–Trinajstić information content (AvgIpc) is 3.09. The largest absolute Gasteiger partial charge is 0.491 e. The van der Waals surface area contributed by atoms with Gasteiger partial charge in [0, 0.05) is 38.2 Å². The zero-order valence-electron chi connectivity index (χ0n) is 11.6. The standard InChI is InChI=1S/C15H19N3O2/c1-19-10-4-7-16-15-17-8-9-18(15)13-11-20-14-6-3-2-5-12(13)14/h2-3,5-6,8-9,13H,4,7,10-11H2,1H3,(H,16,17). The first kappa shape index (κ1) is 13.0. The second-order valence-electron chi connectivity index (χ2n) is 4.80. The van der Waals surface area contributed by atoms with E-state index >= 15 is 0 Å². The molecule has 1 aliphatic heterocycles. The molecule has 0 spiro atoms. The normalized spacial score (nSPS) is 16.8. The Balaban J connectivity index is 1.74. The lowest BCUT2D eigenvalue weighted by Gasteiger charge is -2.15. The molecule has 1 atom stereocenters. The lowest BCUT2D eigenvalue weighted by atomic mass is 10.1. The number of anilines is 1. The molecular weight excluding hydrogens is 254 g/mol. The van der Waals surface area contributed by atoms with Crippen molar-refractivity contribution in [2.75, 3.05) is 32.2 Å². The molecule has 5 nitrogen and oxygen atoms in total. The van der Waals surface area contributed by atoms with E-state index in [1.807, 2.05) is 30.6 Å². The van der Waals surface area contributed by atoms with E-state index in [9.17, 15) is 0 Å². The Morgan fingerprint density at radius 3 is 3.25 bits per heavy atom. The predicted molar refractivity (Wildman–Crippen MR) is 77.3 cm³/mol. The van der Waals surface area contributed by atoms with E-state index in [1.54, 1.807) is 7.11 Å². The summed E-state index contributed by atoms with van der Waals surface area (Å²) in [7, 11) is 1.72. The molecule has 2 aromatic rings. The highest BCUT2D eigenvalue weighted by Crippen LogP contribution is 2.35. The van der Waals surface area contributed by atoms with Crippen molar-refractivity contribution in [2.24, 2.45) is 0 Å². The van der Waals surface area contributed by atoms with Gasteiger partial charge in [0.15, 0.2) is 0 Å². The zero-order valence-corrected chi connectivity index (χ0v) is 11.6. The van der Waals surface area contributed by atoms with Crippen molar-refractivity contribution in [3.63, 3.8) is 0 Å². The third-order valence-corrected chi connectivity index (χ3v) is 3.49. The minimum Gasteiger partial charge on any atom is -0.491 e. The van der Waals surface area contributed by atoms with E-state index < -0.39 is 0 Å². The van der Waals surface area contributed by atoms with Gasteiger partial charge in [-0.3, -0.25) is 0 Å². The molecule has 1 aromatic heterocycles. The molecular formula is C15H19N3O2. The minimum absolute atomic E-state index is 0.193. The van der Waals surface area contributed by atoms with Crippen molar-refractivity contribution in [2.45, 2.75) is 12.5 Å². The molecule has 0 saturated heterocycles. The van der Waals surface area contributed by atoms with Crippen LogP contribution in [-0.2, 0) is 4.74 Å². The molecule has 1 unspecified atom stereocenters. The van der Waals surface area contributed by atoms with Crippen LogP contribution in [0.5, 0.6) is 5.75 Å². The van der Waals surface area contributed by atoms with Crippen molar-refractivity contribution in [3.8, 4) is 5.75 Å². The van der Waals surface area contributed by atoms with Crippen molar-refractivity contribution in [1.82, 2.24) is 9.55 Å². The smallest absolute Gasteiger partial charge is 0.203 e. The fraction of sp³-hybridized carbons (Fsp3) is 0.400. The third-order valence-electron chi connectivity index (χ3n) is 3.49. The number of hydrogen-bond donors (Lipinski definition) is 1. The fourth-order valence-corrected chi connectivity index (χ4v) is 2.49. The zero-order chi connectivity index (χ0) is 13.8. The monoisotopic (exact) mass is 273 g/mol. The Hall–Kier alpha value is -2.01. The molecule has 106 valence electrons. The number of aromatic nitrogens is 2. The van der Waals surface area contributed by atoms with E-state index in [1.165, 1.54) is 5.56 Å². The van der Waals surface area contributed by atoms with Crippen LogP contribution in [0.4, 0.5) is 5.95 Å². The van der Waals surface area contributed by atoms with Gasteiger partial charge in [0.25, 0.3) is 0 Å². The summed E-state index contributed by atoms with van der Waals surface area (Å²) < 4.78 is 12.9. The first-order chi connectivity index (χ1) is 9.90. The predicted octanol–water partition coefficient (Wildman–Crippen LogP) is 2.31. The van der Waals surface area contributed by atoms with E-state index in [-0.39, 0.29) is 6.04 Å². The molecule has 3 rings (SSSR count). The van der Waals surface area contributed by atoms with Gasteiger partial charge in [-0.1, -0.05) is 18.2 Å². The number of ether oxygens (including phenoxy) is 2. The number of benzene rings is 1. The second kappa shape index (κ2) is 5.96. The third kappa shape index (κ3) is 2.49. The number of fused-ring (bicyclic) bond motifs is 1. The molecule has 20 heavy (non-hydrogen) atoms. The first-order valence-electron chi connectivity index (χ1n) is 6.87. The molecule has 0 aliphatic carbocycles. The van der Waals surface area contributed by atoms with Crippen molar-refractivity contribution < 1.29 is 9.47 Å². The maximum absolute atomic E-state index is 5.74. The van der Waals surface area contributed by atoms with Crippen molar-refractivity contribution in [1.29, 1.82) is 0 Å². The summed E-state index contributed by atoms with van der Waals surface area (Å²) in [6.07, 6.45) is 4.77. The SMILES string of the molecule is COCCCNc1nccn1C1COc2ccccc21. The summed E-state index contributed by atoms with van der Waals surface area (Å²) in [5.41, 5.74) is 1.21. The van der Waals surface area contributed by atoms with Crippen LogP contribution in [0.1, 0.15) is 18.0 Å². The quantitative estimate of drug-likeness (QED) is 0.821. The van der Waals surface area contributed by atoms with E-state index in [0.717, 1.165) is 31.3 Å². The van der Waals surface area contributed by atoms with Crippen LogP contribution in [0.2, 0.25) is 0 Å². The fourth-order valence-electron chi connectivity index (χ4n) is 2.49. The number of nitrogens with zero attached hydrogens (tertiary/aromatic N) is 2. The van der Waals surface area contributed by atoms with E-state index in [2.05, 4.69) is 20.9 Å². The molecule has 2 heterocycles. The van der Waals surface area contributed by atoms with Crippen LogP contribution in [0.25, 0.3) is 0 Å². The van der Waals surface area contributed by atoms with Crippen LogP contribution in [0.3, 0.4) is 0 Å². The number of imidazole rings is 1. The Kier molecular flexibility index (Phi) is 3.87. The average molecular weight is 273 g/mol. The Morgan fingerprint density at radius 2 is 2.35 bits per heavy atom. The highest BCUT2D eigenvalue weighted by molar-refractivity contribution is 5.42. The molecule has 5 heteroatoms. The lowest BCUT2D eigenvalue weighted by molar-refractivity contribution is 0.197. The van der Waals surface area contributed by atoms with Gasteiger partial charge in [0.05, 0.1) is 6.04 Å². The lowest BCUT2D eigenvalue weighted by Crippen LogP contribution is -2.16. The van der Waals surface area contributed by atoms with Gasteiger partial charge in [0.2, 0.25) is 5.95 Å². The molecule has 0 bridgehead atoms. The van der Waals surface area contributed by atoms with Crippen LogP contribution in [-0.4, -0.2) is 36.4 Å². The Bertz CT molecular complexity index is 568. The summed E-state index contributed by atoms with van der Waals surface area (Å²) in [5.74, 6) is 1.85. The summed E-state index contributed by atoms with van der Waals surface area (Å²) >= 11 is 0. The van der Waals surface area contributed by atoms with Crippen LogP contribution in [0.15, 0.2) is 36.7 Å². The number of hydrogen-bond acceptors (Lipinski definition) is 4. The highest BCUT2D eigenvalue weighted by atomic mass is 16.5. The topological polar surface area (TPSA) is 48.3 Å². The molecule has 0 amide bonds. The van der Waals surface area contributed by atoms with Gasteiger partial charge in [-0.25, -0.2) is 4.98 Å². The summed E-state index contributed by atoms with van der Waals surface area (Å²) in [6, 6.07) is 8.36. The Labute approximate surface area is 118 Å². The second-order valence-corrected chi connectivity index (χ2v) is 4.80. The maximum Gasteiger partial charge on any atom is 0.203 e. The number of rotatable bonds is 6. The summed E-state index contributed by atoms with van der Waals surface area (Å²) in [6.45, 7) is 2.26. The van der Waals surface area contributed by atoms with Crippen LogP contribution < -0.4 is 10.1 Å². The molecule has 0 saturated carbocycles. The van der Waals surface area contributed by atoms with Gasteiger partial charge >= 0.3 is 0 Å². The van der Waals surface area contributed by atoms with Crippen molar-refractivity contribution >= 4 is 5.95 Å². The molecule has 0 fully saturated rings. The van der Waals surface area contributed by atoms with Gasteiger partial charge in [0.1, 0.15) is 12.4 Å².